The molecule has 8 nitrogen and oxygen atoms in total. The average Bonchev–Trinajstić information content (AvgIpc) is 2.90. The van der Waals surface area contributed by atoms with E-state index in [1.165, 1.54) is 6.07 Å². The maximum absolute atomic E-state index is 13.2. The number of carbonyl (C=O) groups excluding carboxylic acids is 2. The highest BCUT2D eigenvalue weighted by Gasteiger charge is 2.22. The fraction of sp³-hybridized carbons (Fsp3) is 0.0714. The van der Waals surface area contributed by atoms with Gasteiger partial charge in [0.05, 0.1) is 4.90 Å². The molecule has 4 aromatic rings. The Bertz CT molecular complexity index is 1530. The average molecular weight is 549 g/mol. The van der Waals surface area contributed by atoms with Crippen LogP contribution in [0.15, 0.2) is 108 Å². The van der Waals surface area contributed by atoms with E-state index >= 15 is 0 Å². The fourth-order valence-corrected chi connectivity index (χ4v) is 4.72. The lowest BCUT2D eigenvalue weighted by Gasteiger charge is -2.19. The van der Waals surface area contributed by atoms with E-state index in [0.29, 0.717) is 27.5 Å². The number of nitrogens with one attached hydrogen (secondary N) is 3. The van der Waals surface area contributed by atoms with Gasteiger partial charge in [0, 0.05) is 28.4 Å². The molecule has 4 rings (SSSR count). The molecule has 0 bridgehead atoms. The van der Waals surface area contributed by atoms with E-state index in [2.05, 4.69) is 16.0 Å². The van der Waals surface area contributed by atoms with E-state index in [1.807, 2.05) is 30.3 Å². The van der Waals surface area contributed by atoms with Crippen molar-refractivity contribution in [3.8, 4) is 11.1 Å². The predicted octanol–water partition coefficient (Wildman–Crippen LogP) is 5.03. The standard InChI is InChI=1S/C28H25ClN4O4S/c29-21-12-16-23(17-13-21)32-28(35)33-25(18-19-6-2-1-3-7-19)27(34)31-22-14-10-20(11-15-22)24-8-4-5-9-26(24)38(30,36)37/h1-17,25H,18H2,(H,31,34)(H2,30,36,37)(H2,32,33,35). The van der Waals surface area contributed by atoms with E-state index in [-0.39, 0.29) is 11.3 Å². The molecule has 1 atom stereocenters. The zero-order chi connectivity index (χ0) is 27.1. The molecule has 5 N–H and O–H groups in total. The van der Waals surface area contributed by atoms with Crippen molar-refractivity contribution in [3.05, 3.63) is 114 Å². The Morgan fingerprint density at radius 2 is 1.34 bits per heavy atom. The molecule has 0 radical (unpaired) electrons. The number of benzene rings is 4. The fourth-order valence-electron chi connectivity index (χ4n) is 3.83. The second kappa shape index (κ2) is 11.9. The van der Waals surface area contributed by atoms with Crippen LogP contribution in [-0.2, 0) is 21.2 Å². The topological polar surface area (TPSA) is 130 Å². The number of nitrogens with two attached hydrogens (primary N) is 1. The molecule has 0 aliphatic rings. The van der Waals surface area contributed by atoms with Gasteiger partial charge in [0.2, 0.25) is 15.9 Å². The molecule has 194 valence electrons. The molecule has 0 fully saturated rings. The van der Waals surface area contributed by atoms with Crippen LogP contribution in [0.5, 0.6) is 0 Å². The van der Waals surface area contributed by atoms with Crippen LogP contribution in [0.2, 0.25) is 5.02 Å². The van der Waals surface area contributed by atoms with Crippen LogP contribution >= 0.6 is 11.6 Å². The van der Waals surface area contributed by atoms with Gasteiger partial charge in [-0.15, -0.1) is 0 Å². The predicted molar refractivity (Wildman–Crippen MR) is 149 cm³/mol. The molecule has 0 saturated carbocycles. The third-order valence-electron chi connectivity index (χ3n) is 5.66. The number of halogens is 1. The van der Waals surface area contributed by atoms with Crippen LogP contribution in [0.1, 0.15) is 5.56 Å². The zero-order valence-corrected chi connectivity index (χ0v) is 21.7. The minimum absolute atomic E-state index is 0.00982. The number of rotatable bonds is 8. The normalized spacial score (nSPS) is 11.8. The smallest absolute Gasteiger partial charge is 0.319 e. The first kappa shape index (κ1) is 26.9. The van der Waals surface area contributed by atoms with Crippen molar-refractivity contribution in [1.29, 1.82) is 0 Å². The molecule has 0 spiro atoms. The third-order valence-corrected chi connectivity index (χ3v) is 6.88. The Labute approximate surface area is 225 Å². The molecular formula is C28H25ClN4O4S. The maximum atomic E-state index is 13.2. The van der Waals surface area contributed by atoms with Gasteiger partial charge < -0.3 is 16.0 Å². The summed E-state index contributed by atoms with van der Waals surface area (Å²) >= 11 is 5.90. The number of hydrogen-bond donors (Lipinski definition) is 4. The molecule has 0 saturated heterocycles. The molecule has 0 aliphatic heterocycles. The number of sulfonamides is 1. The summed E-state index contributed by atoms with van der Waals surface area (Å²) in [5, 5.41) is 14.1. The first-order valence-corrected chi connectivity index (χ1v) is 13.5. The number of carbonyl (C=O) groups is 2. The third kappa shape index (κ3) is 7.19. The van der Waals surface area contributed by atoms with Gasteiger partial charge in [0.15, 0.2) is 0 Å². The highest BCUT2D eigenvalue weighted by molar-refractivity contribution is 7.89. The Balaban J connectivity index is 1.50. The van der Waals surface area contributed by atoms with Gasteiger partial charge in [0.25, 0.3) is 0 Å². The summed E-state index contributed by atoms with van der Waals surface area (Å²) in [6.45, 7) is 0. The lowest BCUT2D eigenvalue weighted by atomic mass is 10.0. The maximum Gasteiger partial charge on any atom is 0.319 e. The van der Waals surface area contributed by atoms with Crippen LogP contribution < -0.4 is 21.1 Å². The van der Waals surface area contributed by atoms with E-state index in [9.17, 15) is 18.0 Å². The van der Waals surface area contributed by atoms with Crippen molar-refractivity contribution >= 4 is 44.9 Å². The molecule has 1 unspecified atom stereocenters. The summed E-state index contributed by atoms with van der Waals surface area (Å²) in [6, 6.07) is 27.6. The van der Waals surface area contributed by atoms with Crippen LogP contribution in [0, 0.1) is 0 Å². The first-order chi connectivity index (χ1) is 18.2. The van der Waals surface area contributed by atoms with Crippen molar-refractivity contribution in [2.75, 3.05) is 10.6 Å². The second-order valence-corrected chi connectivity index (χ2v) is 10.4. The lowest BCUT2D eigenvalue weighted by molar-refractivity contribution is -0.117. The van der Waals surface area contributed by atoms with Gasteiger partial charge in [-0.3, -0.25) is 4.79 Å². The van der Waals surface area contributed by atoms with E-state index in [0.717, 1.165) is 5.56 Å². The summed E-state index contributed by atoms with van der Waals surface area (Å²) in [6.07, 6.45) is 0.264. The first-order valence-electron chi connectivity index (χ1n) is 11.6. The summed E-state index contributed by atoms with van der Waals surface area (Å²) in [5.41, 5.74) is 2.95. The van der Waals surface area contributed by atoms with Gasteiger partial charge >= 0.3 is 6.03 Å². The molecule has 0 heterocycles. The zero-order valence-electron chi connectivity index (χ0n) is 20.1. The minimum Gasteiger partial charge on any atom is -0.326 e. The molecule has 3 amide bonds. The van der Waals surface area contributed by atoms with Crippen molar-refractivity contribution in [1.82, 2.24) is 5.32 Å². The number of hydrogen-bond acceptors (Lipinski definition) is 4. The van der Waals surface area contributed by atoms with Gasteiger partial charge in [-0.1, -0.05) is 72.3 Å². The van der Waals surface area contributed by atoms with Crippen molar-refractivity contribution in [2.45, 2.75) is 17.4 Å². The summed E-state index contributed by atoms with van der Waals surface area (Å²) in [4.78, 5) is 25.9. The Morgan fingerprint density at radius 3 is 2.00 bits per heavy atom. The van der Waals surface area contributed by atoms with Crippen molar-refractivity contribution < 1.29 is 18.0 Å². The molecule has 38 heavy (non-hydrogen) atoms. The number of primary sulfonamides is 1. The Kier molecular flexibility index (Phi) is 8.42. The molecule has 10 heteroatoms. The van der Waals surface area contributed by atoms with Gasteiger partial charge in [-0.2, -0.15) is 0 Å². The lowest BCUT2D eigenvalue weighted by Crippen LogP contribution is -2.46. The second-order valence-electron chi connectivity index (χ2n) is 8.46. The Morgan fingerprint density at radius 1 is 0.763 bits per heavy atom. The number of urea groups is 1. The summed E-state index contributed by atoms with van der Waals surface area (Å²) in [7, 11) is -3.91. The molecule has 0 aromatic heterocycles. The van der Waals surface area contributed by atoms with Crippen LogP contribution in [0.3, 0.4) is 0 Å². The van der Waals surface area contributed by atoms with Gasteiger partial charge in [-0.25, -0.2) is 18.4 Å². The van der Waals surface area contributed by atoms with E-state index in [1.54, 1.807) is 66.7 Å². The number of amides is 3. The largest absolute Gasteiger partial charge is 0.326 e. The molecule has 4 aromatic carbocycles. The van der Waals surface area contributed by atoms with E-state index in [4.69, 9.17) is 16.7 Å². The summed E-state index contributed by atoms with van der Waals surface area (Å²) in [5.74, 6) is -0.419. The van der Waals surface area contributed by atoms with E-state index < -0.39 is 28.0 Å². The van der Waals surface area contributed by atoms with Crippen LogP contribution in [0.25, 0.3) is 11.1 Å². The highest BCUT2D eigenvalue weighted by atomic mass is 35.5. The Hall–Kier alpha value is -4.18. The monoisotopic (exact) mass is 548 g/mol. The van der Waals surface area contributed by atoms with Gasteiger partial charge in [0.1, 0.15) is 6.04 Å². The van der Waals surface area contributed by atoms with Crippen molar-refractivity contribution in [3.63, 3.8) is 0 Å². The SMILES string of the molecule is NS(=O)(=O)c1ccccc1-c1ccc(NC(=O)C(Cc2ccccc2)NC(=O)Nc2ccc(Cl)cc2)cc1. The van der Waals surface area contributed by atoms with Crippen LogP contribution in [-0.4, -0.2) is 26.4 Å². The minimum atomic E-state index is -3.91. The number of anilines is 2. The molecule has 0 aliphatic carbocycles. The van der Waals surface area contributed by atoms with Crippen LogP contribution in [0.4, 0.5) is 16.2 Å². The van der Waals surface area contributed by atoms with Gasteiger partial charge in [-0.05, 0) is 53.6 Å². The molecular weight excluding hydrogens is 524 g/mol. The quantitative estimate of drug-likeness (QED) is 0.246. The highest BCUT2D eigenvalue weighted by Crippen LogP contribution is 2.27. The summed E-state index contributed by atoms with van der Waals surface area (Å²) < 4.78 is 23.9. The van der Waals surface area contributed by atoms with Crippen molar-refractivity contribution in [2.24, 2.45) is 5.14 Å².